The second-order valence-corrected chi connectivity index (χ2v) is 2.95. The van der Waals surface area contributed by atoms with Crippen LogP contribution in [0.1, 0.15) is 27.7 Å². The van der Waals surface area contributed by atoms with E-state index in [0.29, 0.717) is 6.54 Å². The van der Waals surface area contributed by atoms with Gasteiger partial charge in [-0.05, 0) is 20.8 Å². The van der Waals surface area contributed by atoms with Crippen molar-refractivity contribution in [2.24, 2.45) is 0 Å². The predicted molar refractivity (Wildman–Crippen MR) is 40.1 cm³/mol. The molecule has 0 N–H and O–H groups in total. The van der Waals surface area contributed by atoms with E-state index in [1.807, 2.05) is 20.8 Å². The number of amides is 1. The third-order valence-electron chi connectivity index (χ3n) is 0.681. The van der Waals surface area contributed by atoms with Crippen molar-refractivity contribution in [1.29, 1.82) is 0 Å². The van der Waals surface area contributed by atoms with Crippen molar-refractivity contribution in [1.82, 2.24) is 0 Å². The molecular formula is C7H14KNO2. The molecule has 0 aliphatic carbocycles. The van der Waals surface area contributed by atoms with Gasteiger partial charge in [-0.25, -0.2) is 0 Å². The summed E-state index contributed by atoms with van der Waals surface area (Å²) in [6.45, 7) is 7.72. The molecule has 0 aromatic rings. The zero-order valence-electron chi connectivity index (χ0n) is 7.97. The maximum Gasteiger partial charge on any atom is 1.00 e. The third-order valence-corrected chi connectivity index (χ3v) is 0.681. The van der Waals surface area contributed by atoms with Gasteiger partial charge in [0, 0.05) is 0 Å². The number of hydrogen-bond donors (Lipinski definition) is 0. The van der Waals surface area contributed by atoms with Crippen molar-refractivity contribution >= 4 is 6.09 Å². The van der Waals surface area contributed by atoms with E-state index in [2.05, 4.69) is 5.32 Å². The summed E-state index contributed by atoms with van der Waals surface area (Å²) in [7, 11) is 0. The van der Waals surface area contributed by atoms with Crippen LogP contribution < -0.4 is 51.4 Å². The first kappa shape index (κ1) is 14.4. The fraction of sp³-hybridized carbons (Fsp3) is 0.857. The number of rotatable bonds is 1. The zero-order valence-corrected chi connectivity index (χ0v) is 11.1. The Labute approximate surface area is 111 Å². The number of hydrogen-bond acceptors (Lipinski definition) is 2. The summed E-state index contributed by atoms with van der Waals surface area (Å²) in [5.41, 5.74) is -0.421. The molecule has 0 aromatic carbocycles. The van der Waals surface area contributed by atoms with E-state index in [1.54, 1.807) is 6.92 Å². The van der Waals surface area contributed by atoms with Crippen molar-refractivity contribution in [3.05, 3.63) is 5.32 Å². The van der Waals surface area contributed by atoms with E-state index < -0.39 is 11.7 Å². The van der Waals surface area contributed by atoms with Gasteiger partial charge in [-0.3, -0.25) is 4.79 Å². The Morgan fingerprint density at radius 3 is 2.18 bits per heavy atom. The van der Waals surface area contributed by atoms with Gasteiger partial charge in [0.25, 0.3) is 0 Å². The number of ether oxygens (including phenoxy) is 1. The molecule has 0 aliphatic rings. The summed E-state index contributed by atoms with van der Waals surface area (Å²) in [5, 5.41) is 3.55. The quantitative estimate of drug-likeness (QED) is 0.505. The summed E-state index contributed by atoms with van der Waals surface area (Å²) in [5.74, 6) is 0. The first-order valence-electron chi connectivity index (χ1n) is 3.36. The normalized spacial score (nSPS) is 9.82. The van der Waals surface area contributed by atoms with Gasteiger partial charge in [-0.15, -0.1) is 6.54 Å². The molecule has 11 heavy (non-hydrogen) atoms. The van der Waals surface area contributed by atoms with E-state index >= 15 is 0 Å². The van der Waals surface area contributed by atoms with E-state index in [4.69, 9.17) is 4.74 Å². The third kappa shape index (κ3) is 10.9. The molecule has 0 spiro atoms. The van der Waals surface area contributed by atoms with Crippen molar-refractivity contribution in [3.8, 4) is 0 Å². The zero-order chi connectivity index (χ0) is 8.20. The van der Waals surface area contributed by atoms with Crippen LogP contribution in [-0.4, -0.2) is 18.2 Å². The van der Waals surface area contributed by atoms with Crippen molar-refractivity contribution in [3.63, 3.8) is 0 Å². The molecule has 0 saturated heterocycles. The molecular weight excluding hydrogens is 169 g/mol. The number of carbonyl (C=O) groups is 1. The van der Waals surface area contributed by atoms with Gasteiger partial charge in [0.05, 0.1) is 0 Å². The second kappa shape index (κ2) is 6.43. The smallest absolute Gasteiger partial charge is 0.617 e. The van der Waals surface area contributed by atoms with E-state index in [-0.39, 0.29) is 51.4 Å². The minimum Gasteiger partial charge on any atom is -0.617 e. The number of nitrogens with zero attached hydrogens (tertiary/aromatic N) is 1. The first-order chi connectivity index (χ1) is 4.45. The van der Waals surface area contributed by atoms with Gasteiger partial charge in [0.2, 0.25) is 6.09 Å². The fourth-order valence-corrected chi connectivity index (χ4v) is 0.423. The van der Waals surface area contributed by atoms with Crippen molar-refractivity contribution in [2.45, 2.75) is 33.3 Å². The van der Waals surface area contributed by atoms with Gasteiger partial charge >= 0.3 is 51.4 Å². The van der Waals surface area contributed by atoms with Crippen LogP contribution in [0.4, 0.5) is 4.79 Å². The van der Waals surface area contributed by atoms with Crippen LogP contribution >= 0.6 is 0 Å². The standard InChI is InChI=1S/C7H15NO2.K/c1-5-8-6(9)10-7(2,3)4;/h5H2,1-4H3,(H,8,9);/q;+1/p-1. The molecule has 0 aromatic heterocycles. The van der Waals surface area contributed by atoms with Crippen LogP contribution in [-0.2, 0) is 4.74 Å². The van der Waals surface area contributed by atoms with Gasteiger partial charge in [-0.2, -0.15) is 0 Å². The van der Waals surface area contributed by atoms with Crippen LogP contribution in [0.25, 0.3) is 5.32 Å². The Hall–Kier alpha value is 0.906. The van der Waals surface area contributed by atoms with E-state index in [1.165, 1.54) is 0 Å². The summed E-state index contributed by atoms with van der Waals surface area (Å²) < 4.78 is 4.87. The van der Waals surface area contributed by atoms with Crippen molar-refractivity contribution in [2.75, 3.05) is 6.54 Å². The molecule has 0 unspecified atom stereocenters. The second-order valence-electron chi connectivity index (χ2n) is 2.95. The molecule has 0 radical (unpaired) electrons. The molecule has 0 rings (SSSR count). The summed E-state index contributed by atoms with van der Waals surface area (Å²) >= 11 is 0. The van der Waals surface area contributed by atoms with Gasteiger partial charge < -0.3 is 10.1 Å². The molecule has 4 heteroatoms. The molecule has 3 nitrogen and oxygen atoms in total. The van der Waals surface area contributed by atoms with Gasteiger partial charge in [0.15, 0.2) is 0 Å². The summed E-state index contributed by atoms with van der Waals surface area (Å²) in [6.07, 6.45) is -0.477. The molecule has 0 fully saturated rings. The average Bonchev–Trinajstić information content (AvgIpc) is 1.59. The Morgan fingerprint density at radius 1 is 1.45 bits per heavy atom. The van der Waals surface area contributed by atoms with Crippen LogP contribution in [0.2, 0.25) is 0 Å². The predicted octanol–water partition coefficient (Wildman–Crippen LogP) is -0.681. The fourth-order valence-electron chi connectivity index (χ4n) is 0.423. The Balaban J connectivity index is 0. The molecule has 60 valence electrons. The maximum atomic E-state index is 10.7. The van der Waals surface area contributed by atoms with E-state index in [9.17, 15) is 4.79 Å². The summed E-state index contributed by atoms with van der Waals surface area (Å²) in [4.78, 5) is 10.7. The Bertz CT molecular complexity index is 120. The molecule has 0 atom stereocenters. The minimum absolute atomic E-state index is 0. The van der Waals surface area contributed by atoms with Crippen LogP contribution in [0.5, 0.6) is 0 Å². The first-order valence-corrected chi connectivity index (χ1v) is 3.36. The monoisotopic (exact) mass is 183 g/mol. The molecule has 0 saturated carbocycles. The van der Waals surface area contributed by atoms with Gasteiger partial charge in [-0.1, -0.05) is 6.92 Å². The van der Waals surface area contributed by atoms with Crippen molar-refractivity contribution < 1.29 is 60.9 Å². The Morgan fingerprint density at radius 2 is 1.91 bits per heavy atom. The summed E-state index contributed by atoms with van der Waals surface area (Å²) in [6, 6.07) is 0. The molecule has 1 amide bonds. The SMILES string of the molecule is CC[N-]C(=O)OC(C)(C)C.[K+]. The minimum atomic E-state index is -0.477. The largest absolute Gasteiger partial charge is 1.00 e. The molecule has 0 aliphatic heterocycles. The van der Waals surface area contributed by atoms with E-state index in [0.717, 1.165) is 0 Å². The topological polar surface area (TPSA) is 40.4 Å². The van der Waals surface area contributed by atoms with Crippen LogP contribution in [0.15, 0.2) is 0 Å². The number of carbonyl (C=O) groups excluding carboxylic acids is 1. The van der Waals surface area contributed by atoms with Gasteiger partial charge in [0.1, 0.15) is 5.60 Å². The van der Waals surface area contributed by atoms with Crippen LogP contribution in [0.3, 0.4) is 0 Å². The average molecular weight is 183 g/mol. The molecule has 0 bridgehead atoms. The maximum absolute atomic E-state index is 10.7. The Kier molecular flexibility index (Phi) is 8.43. The molecule has 0 heterocycles. The van der Waals surface area contributed by atoms with Crippen LogP contribution in [0, 0.1) is 0 Å².